The molecule has 1 saturated heterocycles. The van der Waals surface area contributed by atoms with E-state index in [1.54, 1.807) is 14.2 Å². The second-order valence-corrected chi connectivity index (χ2v) is 8.47. The summed E-state index contributed by atoms with van der Waals surface area (Å²) in [5, 5.41) is 0. The van der Waals surface area contributed by atoms with Gasteiger partial charge in [0.25, 0.3) is 0 Å². The van der Waals surface area contributed by atoms with Crippen molar-refractivity contribution < 1.29 is 23.7 Å². The fraction of sp³-hybridized carbons (Fsp3) is 0.500. The van der Waals surface area contributed by atoms with Gasteiger partial charge in [-0.05, 0) is 35.6 Å². The summed E-state index contributed by atoms with van der Waals surface area (Å²) in [5.74, 6) is 1.55. The number of hydrogen-bond donors (Lipinski definition) is 0. The van der Waals surface area contributed by atoms with Crippen LogP contribution in [0, 0.1) is 11.8 Å². The van der Waals surface area contributed by atoms with Gasteiger partial charge in [-0.1, -0.05) is 50.2 Å². The zero-order valence-electron chi connectivity index (χ0n) is 19.6. The van der Waals surface area contributed by atoms with Crippen molar-refractivity contribution in [2.24, 2.45) is 11.8 Å². The second-order valence-electron chi connectivity index (χ2n) is 8.47. The van der Waals surface area contributed by atoms with Crippen LogP contribution in [-0.4, -0.2) is 51.6 Å². The van der Waals surface area contributed by atoms with Gasteiger partial charge < -0.3 is 23.8 Å². The lowest BCUT2D eigenvalue weighted by atomic mass is 9.87. The van der Waals surface area contributed by atoms with E-state index in [0.717, 1.165) is 17.5 Å². The summed E-state index contributed by atoms with van der Waals surface area (Å²) in [6.45, 7) is 6.25. The minimum Gasteiger partial charge on any atom is -0.493 e. The monoisotopic (exact) mass is 441 g/mol. The van der Waals surface area contributed by atoms with Crippen molar-refractivity contribution in [1.29, 1.82) is 0 Å². The first-order chi connectivity index (χ1) is 15.5. The molecule has 2 aromatic carbocycles. The number of amides is 1. The number of carbonyl (C=O) groups is 1. The Labute approximate surface area is 191 Å². The fourth-order valence-electron chi connectivity index (χ4n) is 4.03. The molecule has 0 aromatic heterocycles. The number of hydrogen-bond acceptors (Lipinski definition) is 5. The highest BCUT2D eigenvalue weighted by Crippen LogP contribution is 2.33. The molecule has 0 bridgehead atoms. The zero-order chi connectivity index (χ0) is 22.9. The van der Waals surface area contributed by atoms with E-state index < -0.39 is 0 Å². The largest absolute Gasteiger partial charge is 0.493 e. The minimum absolute atomic E-state index is 0.0412. The Bertz CT molecular complexity index is 855. The van der Waals surface area contributed by atoms with Crippen LogP contribution in [-0.2, 0) is 20.7 Å². The van der Waals surface area contributed by atoms with E-state index in [4.69, 9.17) is 18.9 Å². The summed E-state index contributed by atoms with van der Waals surface area (Å²) < 4.78 is 22.2. The van der Waals surface area contributed by atoms with Crippen molar-refractivity contribution in [3.63, 3.8) is 0 Å². The van der Waals surface area contributed by atoms with E-state index in [0.29, 0.717) is 44.5 Å². The third-order valence-electron chi connectivity index (χ3n) is 5.91. The van der Waals surface area contributed by atoms with Gasteiger partial charge in [0, 0.05) is 26.1 Å². The molecule has 1 aliphatic rings. The molecular weight excluding hydrogens is 406 g/mol. The second kappa shape index (κ2) is 11.9. The lowest BCUT2D eigenvalue weighted by molar-refractivity contribution is -0.139. The van der Waals surface area contributed by atoms with E-state index in [1.807, 2.05) is 41.3 Å². The molecule has 6 heteroatoms. The molecular formula is C26H35NO5. The Morgan fingerprint density at radius 3 is 2.56 bits per heavy atom. The lowest BCUT2D eigenvalue weighted by Gasteiger charge is -2.29. The first-order valence-corrected chi connectivity index (χ1v) is 11.3. The van der Waals surface area contributed by atoms with E-state index in [1.165, 1.54) is 0 Å². The Morgan fingerprint density at radius 1 is 1.09 bits per heavy atom. The number of methoxy groups -OCH3 is 2. The van der Waals surface area contributed by atoms with Gasteiger partial charge in [0.15, 0.2) is 11.5 Å². The highest BCUT2D eigenvalue weighted by atomic mass is 16.5. The number of ether oxygens (including phenoxy) is 4. The van der Waals surface area contributed by atoms with Gasteiger partial charge in [0.2, 0.25) is 5.91 Å². The van der Waals surface area contributed by atoms with Crippen molar-refractivity contribution in [1.82, 2.24) is 4.90 Å². The smallest absolute Gasteiger partial charge is 0.228 e. The molecule has 1 fully saturated rings. The van der Waals surface area contributed by atoms with Gasteiger partial charge in [-0.2, -0.15) is 0 Å². The maximum atomic E-state index is 13.6. The Balaban J connectivity index is 1.75. The highest BCUT2D eigenvalue weighted by molar-refractivity contribution is 5.80. The summed E-state index contributed by atoms with van der Waals surface area (Å²) in [5.41, 5.74) is 2.16. The third-order valence-corrected chi connectivity index (χ3v) is 5.91. The normalized spacial score (nSPS) is 16.9. The van der Waals surface area contributed by atoms with Gasteiger partial charge >= 0.3 is 0 Å². The minimum atomic E-state index is -0.155. The van der Waals surface area contributed by atoms with Gasteiger partial charge in [0.05, 0.1) is 26.4 Å². The van der Waals surface area contributed by atoms with Gasteiger partial charge in [0.1, 0.15) is 6.73 Å². The molecule has 2 aromatic rings. The highest BCUT2D eigenvalue weighted by Gasteiger charge is 2.36. The molecule has 1 amide bonds. The predicted octanol–water partition coefficient (Wildman–Crippen LogP) is 4.48. The van der Waals surface area contributed by atoms with E-state index in [2.05, 4.69) is 26.0 Å². The average Bonchev–Trinajstić information content (AvgIpc) is 3.30. The molecule has 0 unspecified atom stereocenters. The van der Waals surface area contributed by atoms with Crippen LogP contribution in [0.5, 0.6) is 11.5 Å². The van der Waals surface area contributed by atoms with Crippen molar-refractivity contribution in [2.45, 2.75) is 32.7 Å². The number of nitrogens with zero attached hydrogens (tertiary/aromatic N) is 1. The van der Waals surface area contributed by atoms with E-state index in [-0.39, 0.29) is 23.8 Å². The molecule has 0 radical (unpaired) electrons. The van der Waals surface area contributed by atoms with Crippen LogP contribution in [0.4, 0.5) is 0 Å². The van der Waals surface area contributed by atoms with Crippen LogP contribution >= 0.6 is 0 Å². The summed E-state index contributed by atoms with van der Waals surface area (Å²) in [7, 11) is 3.31. The summed E-state index contributed by atoms with van der Waals surface area (Å²) >= 11 is 0. The zero-order valence-corrected chi connectivity index (χ0v) is 19.6. The average molecular weight is 442 g/mol. The molecule has 3 rings (SSSR count). The molecule has 174 valence electrons. The maximum absolute atomic E-state index is 13.6. The lowest BCUT2D eigenvalue weighted by Crippen LogP contribution is -2.39. The van der Waals surface area contributed by atoms with Crippen molar-refractivity contribution in [3.8, 4) is 11.5 Å². The Kier molecular flexibility index (Phi) is 8.94. The third kappa shape index (κ3) is 6.02. The number of carbonyl (C=O) groups excluding carboxylic acids is 1. The fourth-order valence-corrected chi connectivity index (χ4v) is 4.03. The Hall–Kier alpha value is -2.57. The molecule has 1 heterocycles. The van der Waals surface area contributed by atoms with Crippen LogP contribution in [0.1, 0.15) is 37.4 Å². The molecule has 0 spiro atoms. The predicted molar refractivity (Wildman–Crippen MR) is 124 cm³/mol. The first kappa shape index (κ1) is 24.1. The van der Waals surface area contributed by atoms with Crippen LogP contribution in [0.3, 0.4) is 0 Å². The van der Waals surface area contributed by atoms with Crippen LogP contribution in [0.15, 0.2) is 48.5 Å². The molecule has 0 aliphatic carbocycles. The van der Waals surface area contributed by atoms with Gasteiger partial charge in [-0.25, -0.2) is 0 Å². The molecule has 6 nitrogen and oxygen atoms in total. The number of rotatable bonds is 11. The Morgan fingerprint density at radius 2 is 1.88 bits per heavy atom. The van der Waals surface area contributed by atoms with Crippen LogP contribution < -0.4 is 9.47 Å². The molecule has 0 N–H and O–H groups in total. The maximum Gasteiger partial charge on any atom is 0.228 e. The van der Waals surface area contributed by atoms with Crippen molar-refractivity contribution in [2.75, 3.05) is 40.8 Å². The van der Waals surface area contributed by atoms with Crippen molar-refractivity contribution >= 4 is 5.91 Å². The summed E-state index contributed by atoms with van der Waals surface area (Å²) in [4.78, 5) is 15.5. The molecule has 32 heavy (non-hydrogen) atoms. The molecule has 1 aliphatic heterocycles. The van der Waals surface area contributed by atoms with Gasteiger partial charge in [-0.3, -0.25) is 4.79 Å². The van der Waals surface area contributed by atoms with E-state index in [9.17, 15) is 4.79 Å². The first-order valence-electron chi connectivity index (χ1n) is 11.3. The van der Waals surface area contributed by atoms with Crippen LogP contribution in [0.25, 0.3) is 0 Å². The molecule has 0 saturated carbocycles. The molecule has 2 atom stereocenters. The van der Waals surface area contributed by atoms with Crippen LogP contribution in [0.2, 0.25) is 0 Å². The quantitative estimate of drug-likeness (QED) is 0.481. The summed E-state index contributed by atoms with van der Waals surface area (Å²) in [6.07, 6.45) is 1.43. The van der Waals surface area contributed by atoms with Gasteiger partial charge in [-0.15, -0.1) is 0 Å². The van der Waals surface area contributed by atoms with Crippen molar-refractivity contribution in [3.05, 3.63) is 59.7 Å². The topological polar surface area (TPSA) is 57.2 Å². The standard InChI is InChI=1S/C26H35NO5/c1-19(2)22(26(28)27-18-31-17-23(27)21-9-6-5-7-10-21)15-20-11-12-24(30-4)25(16-20)32-14-8-13-29-3/h5-7,9-12,16,19,22-23H,8,13-15,17-18H2,1-4H3/t22-,23+/m1/s1. The summed E-state index contributed by atoms with van der Waals surface area (Å²) in [6, 6.07) is 16.0. The van der Waals surface area contributed by atoms with E-state index >= 15 is 0 Å². The number of benzene rings is 2. The SMILES string of the molecule is COCCCOc1cc(C[C@@H](C(=O)N2COC[C@H]2c2ccccc2)C(C)C)ccc1OC.